The van der Waals surface area contributed by atoms with Crippen LogP contribution in [0.25, 0.3) is 0 Å². The predicted octanol–water partition coefficient (Wildman–Crippen LogP) is 2.92. The molecule has 0 saturated carbocycles. The van der Waals surface area contributed by atoms with Crippen molar-refractivity contribution in [2.75, 3.05) is 0 Å². The lowest BCUT2D eigenvalue weighted by Gasteiger charge is -1.99. The van der Waals surface area contributed by atoms with Crippen molar-refractivity contribution in [2.45, 2.75) is 6.92 Å². The van der Waals surface area contributed by atoms with Crippen LogP contribution in [0.15, 0.2) is 23.3 Å². The molecule has 4 nitrogen and oxygen atoms in total. The minimum Gasteiger partial charge on any atom is -0.250 e. The molecule has 0 aliphatic carbocycles. The molecule has 2 aromatic rings. The fourth-order valence-electron chi connectivity index (χ4n) is 1.26. The third-order valence-corrected chi connectivity index (χ3v) is 2.71. The molecular weight excluding hydrogens is 263 g/mol. The number of H-pyrrole nitrogens is 1. The molecule has 0 spiro atoms. The molecule has 2 rings (SSSR count). The summed E-state index contributed by atoms with van der Waals surface area (Å²) < 4.78 is 15.2. The maximum absolute atomic E-state index is 13.4. The Labute approximate surface area is 107 Å². The molecular formula is C10H8ClFN4S. The first-order valence-corrected chi connectivity index (χ1v) is 5.50. The number of rotatable bonds is 2. The Balaban J connectivity index is 2.43. The molecule has 0 amide bonds. The molecule has 0 fully saturated rings. The molecule has 0 aliphatic rings. The molecule has 1 aromatic carbocycles. The van der Waals surface area contributed by atoms with Gasteiger partial charge in [0.15, 0.2) is 0 Å². The highest BCUT2D eigenvalue weighted by Gasteiger charge is 2.04. The summed E-state index contributed by atoms with van der Waals surface area (Å²) in [5, 5.41) is 10.8. The molecule has 1 heterocycles. The third-order valence-electron chi connectivity index (χ3n) is 2.11. The summed E-state index contributed by atoms with van der Waals surface area (Å²) in [6.07, 6.45) is 1.32. The van der Waals surface area contributed by atoms with E-state index in [0.717, 1.165) is 0 Å². The number of nitrogens with zero attached hydrogens (tertiary/aromatic N) is 3. The number of hydrogen-bond donors (Lipinski definition) is 1. The minimum atomic E-state index is -0.436. The van der Waals surface area contributed by atoms with E-state index in [2.05, 4.69) is 15.3 Å². The van der Waals surface area contributed by atoms with E-state index >= 15 is 0 Å². The van der Waals surface area contributed by atoms with E-state index in [1.165, 1.54) is 23.0 Å². The van der Waals surface area contributed by atoms with Crippen molar-refractivity contribution in [3.63, 3.8) is 0 Å². The SMILES string of the molecule is Cc1n[nH]c(=S)n1/N=C\c1c(F)cccc1Cl. The van der Waals surface area contributed by atoms with E-state index in [4.69, 9.17) is 23.8 Å². The van der Waals surface area contributed by atoms with E-state index in [1.807, 2.05) is 0 Å². The summed E-state index contributed by atoms with van der Waals surface area (Å²) in [7, 11) is 0. The summed E-state index contributed by atoms with van der Waals surface area (Å²) in [5.41, 5.74) is 0.219. The van der Waals surface area contributed by atoms with Gasteiger partial charge >= 0.3 is 0 Å². The maximum atomic E-state index is 13.4. The Bertz CT molecular complexity index is 611. The van der Waals surface area contributed by atoms with Crippen LogP contribution in [0.3, 0.4) is 0 Å². The predicted molar refractivity (Wildman–Crippen MR) is 66.6 cm³/mol. The third kappa shape index (κ3) is 2.42. The van der Waals surface area contributed by atoms with E-state index in [1.54, 1.807) is 13.0 Å². The van der Waals surface area contributed by atoms with Crippen molar-refractivity contribution in [1.82, 2.24) is 14.9 Å². The van der Waals surface area contributed by atoms with Gasteiger partial charge in [-0.3, -0.25) is 5.10 Å². The van der Waals surface area contributed by atoms with Crippen LogP contribution in [-0.4, -0.2) is 21.1 Å². The van der Waals surface area contributed by atoms with Crippen LogP contribution in [0.4, 0.5) is 4.39 Å². The summed E-state index contributed by atoms with van der Waals surface area (Å²) in [4.78, 5) is 0. The Hall–Kier alpha value is -1.53. The number of aromatic nitrogens is 3. The second kappa shape index (κ2) is 4.77. The number of aromatic amines is 1. The second-order valence-electron chi connectivity index (χ2n) is 3.27. The number of nitrogens with one attached hydrogen (secondary N) is 1. The quantitative estimate of drug-likeness (QED) is 0.674. The summed E-state index contributed by atoms with van der Waals surface area (Å²) >= 11 is 10.8. The van der Waals surface area contributed by atoms with Crippen LogP contribution in [0, 0.1) is 17.5 Å². The number of halogens is 2. The Kier molecular flexibility index (Phi) is 3.35. The second-order valence-corrected chi connectivity index (χ2v) is 4.06. The zero-order valence-electron chi connectivity index (χ0n) is 8.82. The van der Waals surface area contributed by atoms with Gasteiger partial charge < -0.3 is 0 Å². The number of hydrogen-bond acceptors (Lipinski definition) is 3. The monoisotopic (exact) mass is 270 g/mol. The van der Waals surface area contributed by atoms with E-state index in [9.17, 15) is 4.39 Å². The van der Waals surface area contributed by atoms with Crippen LogP contribution in [0.1, 0.15) is 11.4 Å². The van der Waals surface area contributed by atoms with Crippen molar-refractivity contribution in [3.05, 3.63) is 45.2 Å². The zero-order chi connectivity index (χ0) is 12.4. The van der Waals surface area contributed by atoms with Gasteiger partial charge in [-0.05, 0) is 31.3 Å². The number of aryl methyl sites for hydroxylation is 1. The van der Waals surface area contributed by atoms with Crippen LogP contribution in [0.5, 0.6) is 0 Å². The minimum absolute atomic E-state index is 0.219. The maximum Gasteiger partial charge on any atom is 0.216 e. The van der Waals surface area contributed by atoms with Gasteiger partial charge in [0.25, 0.3) is 0 Å². The van der Waals surface area contributed by atoms with Crippen molar-refractivity contribution >= 4 is 30.0 Å². The largest absolute Gasteiger partial charge is 0.250 e. The van der Waals surface area contributed by atoms with Gasteiger partial charge in [0, 0.05) is 5.56 Å². The fraction of sp³-hybridized carbons (Fsp3) is 0.100. The Morgan fingerprint density at radius 2 is 2.35 bits per heavy atom. The average Bonchev–Trinajstić information content (AvgIpc) is 2.59. The van der Waals surface area contributed by atoms with Gasteiger partial charge in [-0.15, -0.1) is 0 Å². The Morgan fingerprint density at radius 3 is 2.94 bits per heavy atom. The highest BCUT2D eigenvalue weighted by molar-refractivity contribution is 7.71. The normalized spacial score (nSPS) is 11.2. The lowest BCUT2D eigenvalue weighted by atomic mass is 10.2. The van der Waals surface area contributed by atoms with Gasteiger partial charge in [0.05, 0.1) is 11.2 Å². The van der Waals surface area contributed by atoms with E-state index in [-0.39, 0.29) is 5.56 Å². The van der Waals surface area contributed by atoms with Crippen molar-refractivity contribution < 1.29 is 4.39 Å². The highest BCUT2D eigenvalue weighted by atomic mass is 35.5. The summed E-state index contributed by atoms with van der Waals surface area (Å²) in [6.45, 7) is 1.73. The molecule has 1 aromatic heterocycles. The van der Waals surface area contributed by atoms with Crippen LogP contribution >= 0.6 is 23.8 Å². The van der Waals surface area contributed by atoms with Gasteiger partial charge in [-0.2, -0.15) is 14.9 Å². The molecule has 0 unspecified atom stereocenters. The molecule has 0 aliphatic heterocycles. The van der Waals surface area contributed by atoms with Crippen LogP contribution in [-0.2, 0) is 0 Å². The molecule has 0 saturated heterocycles. The van der Waals surface area contributed by atoms with Gasteiger partial charge in [0.1, 0.15) is 11.6 Å². The smallest absolute Gasteiger partial charge is 0.216 e. The summed E-state index contributed by atoms with van der Waals surface area (Å²) in [6, 6.07) is 4.44. The van der Waals surface area contributed by atoms with Gasteiger partial charge in [-0.25, -0.2) is 4.39 Å². The fourth-order valence-corrected chi connectivity index (χ4v) is 1.69. The van der Waals surface area contributed by atoms with Gasteiger partial charge in [0.2, 0.25) is 4.77 Å². The van der Waals surface area contributed by atoms with E-state index in [0.29, 0.717) is 15.6 Å². The molecule has 7 heteroatoms. The lowest BCUT2D eigenvalue weighted by Crippen LogP contribution is -1.96. The molecule has 0 atom stereocenters. The standard InChI is InChI=1S/C10H8ClFN4S/c1-6-14-15-10(17)16(6)13-5-7-8(11)3-2-4-9(7)12/h2-5H,1H3,(H,15,17)/b13-5-. The van der Waals surface area contributed by atoms with Crippen LogP contribution in [0.2, 0.25) is 5.02 Å². The molecule has 0 radical (unpaired) electrons. The first-order valence-electron chi connectivity index (χ1n) is 4.72. The lowest BCUT2D eigenvalue weighted by molar-refractivity contribution is 0.625. The summed E-state index contributed by atoms with van der Waals surface area (Å²) in [5.74, 6) is 0.146. The van der Waals surface area contributed by atoms with Crippen molar-refractivity contribution in [1.29, 1.82) is 0 Å². The zero-order valence-corrected chi connectivity index (χ0v) is 10.4. The molecule has 1 N–H and O–H groups in total. The van der Waals surface area contributed by atoms with Crippen molar-refractivity contribution in [3.8, 4) is 0 Å². The van der Waals surface area contributed by atoms with Crippen LogP contribution < -0.4 is 0 Å². The molecule has 17 heavy (non-hydrogen) atoms. The van der Waals surface area contributed by atoms with E-state index < -0.39 is 5.82 Å². The first kappa shape index (κ1) is 11.9. The Morgan fingerprint density at radius 1 is 1.59 bits per heavy atom. The molecule has 88 valence electrons. The van der Waals surface area contributed by atoms with Gasteiger partial charge in [-0.1, -0.05) is 17.7 Å². The van der Waals surface area contributed by atoms with Crippen molar-refractivity contribution in [2.24, 2.45) is 5.10 Å². The average molecular weight is 271 g/mol. The first-order chi connectivity index (χ1) is 8.09. The number of benzene rings is 1. The highest BCUT2D eigenvalue weighted by Crippen LogP contribution is 2.16. The topological polar surface area (TPSA) is 46.0 Å². The molecule has 0 bridgehead atoms.